The Morgan fingerprint density at radius 2 is 1.53 bits per heavy atom. The van der Waals surface area contributed by atoms with Crippen LogP contribution in [0.1, 0.15) is 49.9 Å². The lowest BCUT2D eigenvalue weighted by atomic mass is 9.86. The maximum absolute atomic E-state index is 12.3. The lowest BCUT2D eigenvalue weighted by molar-refractivity contribution is -0.132. The summed E-state index contributed by atoms with van der Waals surface area (Å²) in [5.41, 5.74) is 4.17. The highest BCUT2D eigenvalue weighted by Gasteiger charge is 2.30. The number of carbonyl (C=O) groups excluding carboxylic acids is 2. The van der Waals surface area contributed by atoms with E-state index in [9.17, 15) is 9.59 Å². The molecule has 5 heteroatoms. The molecule has 0 bridgehead atoms. The monoisotopic (exact) mass is 470 g/mol. The zero-order chi connectivity index (χ0) is 26.2. The molecule has 0 saturated carbocycles. The molecule has 0 aromatic heterocycles. The number of carbonyl (C=O) groups is 2. The number of benzene rings is 1. The predicted octanol–water partition coefficient (Wildman–Crippen LogP) is 2.97. The molecule has 174 valence electrons. The summed E-state index contributed by atoms with van der Waals surface area (Å²) in [6.07, 6.45) is 0.0938. The third-order valence-electron chi connectivity index (χ3n) is 4.82. The third kappa shape index (κ3) is 8.52. The number of allylic oxidation sites excluding steroid dienone is 1. The van der Waals surface area contributed by atoms with Crippen molar-refractivity contribution in [3.63, 3.8) is 0 Å². The second-order valence-corrected chi connectivity index (χ2v) is 7.34. The van der Waals surface area contributed by atoms with Crippen LogP contribution >= 0.6 is 0 Å². The van der Waals surface area contributed by atoms with Gasteiger partial charge in [-0.25, -0.2) is 4.79 Å². The minimum atomic E-state index is -0.426. The summed E-state index contributed by atoms with van der Waals surface area (Å²) in [6.45, 7) is 7.69. The molecular formula is C31H22N2O3. The van der Waals surface area contributed by atoms with Crippen LogP contribution in [0.3, 0.4) is 0 Å². The first kappa shape index (κ1) is 26.9. The number of hydrogen-bond donors (Lipinski definition) is 2. The van der Waals surface area contributed by atoms with Gasteiger partial charge in [-0.15, -0.1) is 0 Å². The number of nitrogens with one attached hydrogen (secondary N) is 2. The number of aryl methyl sites for hydroxylation is 1. The highest BCUT2D eigenvalue weighted by Crippen LogP contribution is 2.33. The van der Waals surface area contributed by atoms with Crippen molar-refractivity contribution in [2.45, 2.75) is 46.3 Å². The van der Waals surface area contributed by atoms with Crippen molar-refractivity contribution in [3.8, 4) is 82.9 Å². The summed E-state index contributed by atoms with van der Waals surface area (Å²) in [4.78, 5) is 23.0. The maximum atomic E-state index is 12.3. The minimum Gasteiger partial charge on any atom is -0.465 e. The van der Waals surface area contributed by atoms with Crippen molar-refractivity contribution >= 4 is 12.5 Å². The fourth-order valence-electron chi connectivity index (χ4n) is 3.34. The quantitative estimate of drug-likeness (QED) is 0.514. The second kappa shape index (κ2) is 14.7. The first-order valence-electron chi connectivity index (χ1n) is 10.9. The van der Waals surface area contributed by atoms with E-state index in [1.165, 1.54) is 0 Å². The Bertz CT molecular complexity index is 1510. The summed E-state index contributed by atoms with van der Waals surface area (Å²) in [5.74, 6) is 36.9. The van der Waals surface area contributed by atoms with Gasteiger partial charge < -0.3 is 15.4 Å². The fourth-order valence-corrected chi connectivity index (χ4v) is 3.34. The Morgan fingerprint density at radius 1 is 0.944 bits per heavy atom. The first-order chi connectivity index (χ1) is 17.5. The van der Waals surface area contributed by atoms with Crippen molar-refractivity contribution in [2.24, 2.45) is 0 Å². The molecule has 1 aromatic carbocycles. The van der Waals surface area contributed by atoms with Gasteiger partial charge in [0.05, 0.1) is 6.04 Å². The molecule has 0 fully saturated rings. The zero-order valence-corrected chi connectivity index (χ0v) is 20.4. The molecule has 2 unspecified atom stereocenters. The highest BCUT2D eigenvalue weighted by molar-refractivity contribution is 5.79. The van der Waals surface area contributed by atoms with E-state index < -0.39 is 6.04 Å². The molecule has 0 aliphatic carbocycles. The van der Waals surface area contributed by atoms with Gasteiger partial charge in [0, 0.05) is 17.7 Å². The lowest BCUT2D eigenvalue weighted by Crippen LogP contribution is -2.44. The van der Waals surface area contributed by atoms with Crippen LogP contribution in [0.4, 0.5) is 4.79 Å². The smallest absolute Gasteiger partial charge is 0.319 e. The van der Waals surface area contributed by atoms with Crippen LogP contribution < -0.4 is 10.6 Å². The number of urea groups is 1. The number of amides is 2. The largest absolute Gasteiger partial charge is 0.465 e. The summed E-state index contributed by atoms with van der Waals surface area (Å²) in [7, 11) is 0. The first-order valence-corrected chi connectivity index (χ1v) is 10.9. The molecule has 0 spiro atoms. The molecule has 2 atom stereocenters. The van der Waals surface area contributed by atoms with Crippen LogP contribution in [0.15, 0.2) is 29.5 Å². The van der Waals surface area contributed by atoms with E-state index in [1.54, 1.807) is 13.8 Å². The van der Waals surface area contributed by atoms with Gasteiger partial charge in [-0.3, -0.25) is 4.79 Å². The van der Waals surface area contributed by atoms with Crippen LogP contribution in [0.5, 0.6) is 0 Å². The molecule has 1 aromatic rings. The summed E-state index contributed by atoms with van der Waals surface area (Å²) < 4.78 is 5.08. The number of hydrogen-bond acceptors (Lipinski definition) is 3. The number of ether oxygens (including phenoxy) is 1. The summed E-state index contributed by atoms with van der Waals surface area (Å²) in [6, 6.07) is 4.98. The van der Waals surface area contributed by atoms with Crippen LogP contribution in [0.25, 0.3) is 0 Å². The standard InChI is InChI=1S/C31H22N2O3/c1-5-6-7-8-9-10-11-12-13-14-15-16-17-20-27-21-18-19-24(2)29(27)30-28(22-25(3)36-23-34)26(4)32-31(35)33-30/h18-19,21,23,25,30H,22H2,1-4H3,(H2,32,33,35). The molecule has 2 amide bonds. The molecule has 1 heterocycles. The van der Waals surface area contributed by atoms with Crippen LogP contribution in [-0.2, 0) is 9.53 Å². The SMILES string of the molecule is CC#CC#CC#CC#CC#CC#CC#Cc1cccc(C)c1C1NC(=O)NC(C)=C1CC(C)OC=O. The van der Waals surface area contributed by atoms with Crippen molar-refractivity contribution in [3.05, 3.63) is 46.2 Å². The van der Waals surface area contributed by atoms with Crippen molar-refractivity contribution < 1.29 is 14.3 Å². The van der Waals surface area contributed by atoms with Gasteiger partial charge in [-0.05, 0) is 122 Å². The highest BCUT2D eigenvalue weighted by atomic mass is 16.5. The van der Waals surface area contributed by atoms with Crippen LogP contribution in [-0.4, -0.2) is 18.6 Å². The van der Waals surface area contributed by atoms with E-state index in [1.807, 2.05) is 32.0 Å². The summed E-state index contributed by atoms with van der Waals surface area (Å²) >= 11 is 0. The Hall–Kier alpha value is -5.38. The molecule has 36 heavy (non-hydrogen) atoms. The van der Waals surface area contributed by atoms with Gasteiger partial charge in [-0.2, -0.15) is 0 Å². The predicted molar refractivity (Wildman–Crippen MR) is 139 cm³/mol. The average Bonchev–Trinajstić information content (AvgIpc) is 2.84. The van der Waals surface area contributed by atoms with Gasteiger partial charge in [-0.1, -0.05) is 24.0 Å². The molecular weight excluding hydrogens is 448 g/mol. The zero-order valence-electron chi connectivity index (χ0n) is 20.4. The second-order valence-electron chi connectivity index (χ2n) is 7.34. The molecule has 2 N–H and O–H groups in total. The molecule has 2 rings (SSSR count). The molecule has 5 nitrogen and oxygen atoms in total. The van der Waals surface area contributed by atoms with E-state index >= 15 is 0 Å². The normalized spacial score (nSPS) is 13.3. The third-order valence-corrected chi connectivity index (χ3v) is 4.82. The Balaban J connectivity index is 2.28. The van der Waals surface area contributed by atoms with Crippen LogP contribution in [0, 0.1) is 89.8 Å². The minimum absolute atomic E-state index is 0.310. The van der Waals surface area contributed by atoms with Gasteiger partial charge in [0.1, 0.15) is 6.10 Å². The van der Waals surface area contributed by atoms with Gasteiger partial charge in [0.25, 0.3) is 6.47 Å². The van der Waals surface area contributed by atoms with Crippen molar-refractivity contribution in [2.75, 3.05) is 0 Å². The molecule has 1 aliphatic rings. The van der Waals surface area contributed by atoms with E-state index in [0.29, 0.717) is 12.9 Å². The molecule has 0 saturated heterocycles. The van der Waals surface area contributed by atoms with E-state index in [4.69, 9.17) is 4.74 Å². The molecule has 0 radical (unpaired) electrons. The Morgan fingerprint density at radius 3 is 2.11 bits per heavy atom. The average molecular weight is 471 g/mol. The Kier molecular flexibility index (Phi) is 11.0. The van der Waals surface area contributed by atoms with Crippen molar-refractivity contribution in [1.82, 2.24) is 10.6 Å². The van der Waals surface area contributed by atoms with E-state index in [2.05, 4.69) is 93.5 Å². The fraction of sp³-hybridized carbons (Fsp3) is 0.226. The topological polar surface area (TPSA) is 67.4 Å². The van der Waals surface area contributed by atoms with E-state index in [0.717, 1.165) is 28.0 Å². The van der Waals surface area contributed by atoms with Crippen molar-refractivity contribution in [1.29, 1.82) is 0 Å². The number of rotatable bonds is 5. The molecule has 1 aliphatic heterocycles. The Labute approximate surface area is 212 Å². The summed E-state index contributed by atoms with van der Waals surface area (Å²) in [5, 5.41) is 5.76. The van der Waals surface area contributed by atoms with Gasteiger partial charge in [0.15, 0.2) is 0 Å². The van der Waals surface area contributed by atoms with Gasteiger partial charge >= 0.3 is 6.03 Å². The van der Waals surface area contributed by atoms with Crippen LogP contribution in [0.2, 0.25) is 0 Å². The van der Waals surface area contributed by atoms with Gasteiger partial charge in [0.2, 0.25) is 0 Å². The van der Waals surface area contributed by atoms with E-state index in [-0.39, 0.29) is 12.1 Å². The lowest BCUT2D eigenvalue weighted by Gasteiger charge is -2.32. The maximum Gasteiger partial charge on any atom is 0.319 e.